The van der Waals surface area contributed by atoms with Gasteiger partial charge in [0.1, 0.15) is 11.9 Å². The number of fused-ring (bicyclic) bond motifs is 2. The molecule has 2 aromatic rings. The molecule has 0 aromatic heterocycles. The van der Waals surface area contributed by atoms with Crippen molar-refractivity contribution in [1.82, 2.24) is 10.6 Å². The van der Waals surface area contributed by atoms with E-state index in [0.29, 0.717) is 16.9 Å². The fourth-order valence-electron chi connectivity index (χ4n) is 5.29. The van der Waals surface area contributed by atoms with Gasteiger partial charge in [-0.15, -0.1) is 0 Å². The van der Waals surface area contributed by atoms with Crippen molar-refractivity contribution < 1.29 is 23.1 Å². The summed E-state index contributed by atoms with van der Waals surface area (Å²) in [6, 6.07) is 12.9. The van der Waals surface area contributed by atoms with Gasteiger partial charge in [0.15, 0.2) is 0 Å². The van der Waals surface area contributed by atoms with Crippen molar-refractivity contribution in [1.29, 1.82) is 0 Å². The third-order valence-corrected chi connectivity index (χ3v) is 6.82. The first-order valence-corrected chi connectivity index (χ1v) is 10.6. The fraction of sp³-hybridized carbons (Fsp3) is 0.417. The van der Waals surface area contributed by atoms with Crippen LogP contribution in [0.2, 0.25) is 0 Å². The van der Waals surface area contributed by atoms with Gasteiger partial charge in [-0.1, -0.05) is 30.3 Å². The van der Waals surface area contributed by atoms with E-state index in [1.54, 1.807) is 6.07 Å². The van der Waals surface area contributed by atoms with Crippen LogP contribution in [0, 0.1) is 11.8 Å². The third-order valence-electron chi connectivity index (χ3n) is 6.82. The highest BCUT2D eigenvalue weighted by Gasteiger charge is 2.63. The lowest BCUT2D eigenvalue weighted by Gasteiger charge is -2.16. The summed E-state index contributed by atoms with van der Waals surface area (Å²) in [5.41, 5.74) is 2.46. The number of carbonyl (C=O) groups excluding carboxylic acids is 2. The molecule has 0 unspecified atom stereocenters. The summed E-state index contributed by atoms with van der Waals surface area (Å²) in [5, 5.41) is 5.51. The van der Waals surface area contributed by atoms with Crippen LogP contribution in [-0.2, 0) is 0 Å². The van der Waals surface area contributed by atoms with Crippen LogP contribution in [0.3, 0.4) is 0 Å². The van der Waals surface area contributed by atoms with Crippen molar-refractivity contribution in [3.05, 3.63) is 64.7 Å². The molecule has 2 saturated carbocycles. The molecule has 162 valence electrons. The van der Waals surface area contributed by atoms with Crippen LogP contribution in [-0.4, -0.2) is 36.9 Å². The summed E-state index contributed by atoms with van der Waals surface area (Å²) in [7, 11) is 1.53. The Kier molecular flexibility index (Phi) is 4.53. The normalized spacial score (nSPS) is 29.5. The highest BCUT2D eigenvalue weighted by molar-refractivity contribution is 6.02. The predicted molar refractivity (Wildman–Crippen MR) is 111 cm³/mol. The maximum Gasteiger partial charge on any atom is 0.254 e. The largest absolute Gasteiger partial charge is 0.489 e. The van der Waals surface area contributed by atoms with Crippen LogP contribution in [0.4, 0.5) is 8.78 Å². The van der Waals surface area contributed by atoms with Crippen LogP contribution in [0.1, 0.15) is 57.5 Å². The van der Waals surface area contributed by atoms with Gasteiger partial charge in [0.2, 0.25) is 5.92 Å². The van der Waals surface area contributed by atoms with Gasteiger partial charge in [-0.3, -0.25) is 9.59 Å². The average Bonchev–Trinajstić information content (AvgIpc) is 3.08. The van der Waals surface area contributed by atoms with Gasteiger partial charge in [0.25, 0.3) is 11.8 Å². The Balaban J connectivity index is 1.47. The Morgan fingerprint density at radius 1 is 1.06 bits per heavy atom. The minimum atomic E-state index is -2.62. The molecule has 2 amide bonds. The van der Waals surface area contributed by atoms with Gasteiger partial charge >= 0.3 is 0 Å². The molecule has 0 bridgehead atoms. The van der Waals surface area contributed by atoms with E-state index in [4.69, 9.17) is 4.74 Å². The lowest BCUT2D eigenvalue weighted by Crippen LogP contribution is -2.31. The number of hydrogen-bond acceptors (Lipinski definition) is 3. The molecule has 3 aliphatic rings. The van der Waals surface area contributed by atoms with E-state index in [1.165, 1.54) is 13.1 Å². The van der Waals surface area contributed by atoms with E-state index in [0.717, 1.165) is 11.1 Å². The van der Waals surface area contributed by atoms with Crippen LogP contribution in [0.5, 0.6) is 5.75 Å². The van der Waals surface area contributed by atoms with Crippen LogP contribution in [0.25, 0.3) is 0 Å². The number of carbonyl (C=O) groups is 2. The smallest absolute Gasteiger partial charge is 0.254 e. The minimum Gasteiger partial charge on any atom is -0.489 e. The molecule has 5 atom stereocenters. The summed E-state index contributed by atoms with van der Waals surface area (Å²) in [4.78, 5) is 25.6. The first-order valence-electron chi connectivity index (χ1n) is 10.6. The lowest BCUT2D eigenvalue weighted by molar-refractivity contribution is -0.00623. The molecule has 0 radical (unpaired) electrons. The highest BCUT2D eigenvalue weighted by Crippen LogP contribution is 2.58. The summed E-state index contributed by atoms with van der Waals surface area (Å²) in [6.45, 7) is 1.94. The molecule has 2 aliphatic carbocycles. The molecule has 2 aromatic carbocycles. The first kappa shape index (κ1) is 20.0. The zero-order valence-electron chi connectivity index (χ0n) is 17.3. The quantitative estimate of drug-likeness (QED) is 0.783. The number of benzene rings is 2. The number of amides is 2. The maximum absolute atomic E-state index is 13.5. The molecule has 5 nitrogen and oxygen atoms in total. The number of halogens is 2. The highest BCUT2D eigenvalue weighted by atomic mass is 19.3. The van der Waals surface area contributed by atoms with E-state index in [1.807, 2.05) is 37.3 Å². The second kappa shape index (κ2) is 7.04. The number of hydrogen-bond donors (Lipinski definition) is 2. The molecule has 5 rings (SSSR count). The van der Waals surface area contributed by atoms with Crippen molar-refractivity contribution in [2.24, 2.45) is 11.8 Å². The van der Waals surface area contributed by atoms with E-state index in [-0.39, 0.29) is 54.6 Å². The number of ether oxygens (including phenoxy) is 1. The van der Waals surface area contributed by atoms with Crippen molar-refractivity contribution in [2.45, 2.75) is 43.8 Å². The topological polar surface area (TPSA) is 67.4 Å². The average molecular weight is 426 g/mol. The SMILES string of the molecule is CNC(=O)c1cc(C(=O)N[C@H]2[C@@H]3CC(F)(F)C[C@@H]32)cc2c1O[C@H](C)[C@H]2c1ccccc1. The van der Waals surface area contributed by atoms with E-state index >= 15 is 0 Å². The second-order valence-corrected chi connectivity index (χ2v) is 8.82. The Morgan fingerprint density at radius 2 is 1.74 bits per heavy atom. The molecule has 1 heterocycles. The second-order valence-electron chi connectivity index (χ2n) is 8.82. The van der Waals surface area contributed by atoms with E-state index in [9.17, 15) is 18.4 Å². The summed E-state index contributed by atoms with van der Waals surface area (Å²) >= 11 is 0. The first-order chi connectivity index (χ1) is 14.8. The van der Waals surface area contributed by atoms with Crippen molar-refractivity contribution in [3.8, 4) is 5.75 Å². The van der Waals surface area contributed by atoms with Crippen molar-refractivity contribution in [3.63, 3.8) is 0 Å². The lowest BCUT2D eigenvalue weighted by atomic mass is 9.87. The number of rotatable bonds is 4. The van der Waals surface area contributed by atoms with Crippen molar-refractivity contribution >= 4 is 11.8 Å². The monoisotopic (exact) mass is 426 g/mol. The fourth-order valence-corrected chi connectivity index (χ4v) is 5.29. The zero-order valence-corrected chi connectivity index (χ0v) is 17.3. The Labute approximate surface area is 179 Å². The van der Waals surface area contributed by atoms with Gasteiger partial charge in [0.05, 0.1) is 5.56 Å². The third kappa shape index (κ3) is 3.36. The van der Waals surface area contributed by atoms with Crippen molar-refractivity contribution in [2.75, 3.05) is 7.05 Å². The number of nitrogens with one attached hydrogen (secondary N) is 2. The van der Waals surface area contributed by atoms with Gasteiger partial charge in [-0.05, 0) is 36.5 Å². The molecule has 31 heavy (non-hydrogen) atoms. The summed E-state index contributed by atoms with van der Waals surface area (Å²) in [6.07, 6.45) is -0.542. The Hall–Kier alpha value is -2.96. The van der Waals surface area contributed by atoms with Gasteiger partial charge in [0, 0.05) is 43.0 Å². The molecular weight excluding hydrogens is 402 g/mol. The van der Waals surface area contributed by atoms with Crippen LogP contribution in [0.15, 0.2) is 42.5 Å². The molecule has 1 aliphatic heterocycles. The molecular formula is C24H24F2N2O3. The summed E-state index contributed by atoms with van der Waals surface area (Å²) in [5.74, 6) is -3.25. The van der Waals surface area contributed by atoms with Crippen LogP contribution < -0.4 is 15.4 Å². The van der Waals surface area contributed by atoms with Crippen LogP contribution >= 0.6 is 0 Å². The summed E-state index contributed by atoms with van der Waals surface area (Å²) < 4.78 is 33.0. The van der Waals surface area contributed by atoms with E-state index in [2.05, 4.69) is 10.6 Å². The van der Waals surface area contributed by atoms with Gasteiger partial charge in [-0.25, -0.2) is 8.78 Å². The standard InChI is InChI=1S/C24H24F2N2O3/c1-12-19(13-6-4-3-5-7-13)15-8-14(9-16(21(15)31-12)23(30)27-2)22(29)28-20-17-10-24(25,26)11-18(17)20/h3-9,12,17-20H,10-11H2,1-2H3,(H,27,30)(H,28,29)/t12-,17-,18+,19+,20+/m1/s1. The Bertz CT molecular complexity index is 1040. The van der Waals surface area contributed by atoms with E-state index < -0.39 is 5.92 Å². The Morgan fingerprint density at radius 3 is 2.39 bits per heavy atom. The molecule has 2 N–H and O–H groups in total. The zero-order chi connectivity index (χ0) is 21.9. The molecule has 0 saturated heterocycles. The van der Waals surface area contributed by atoms with Gasteiger partial charge in [-0.2, -0.15) is 0 Å². The number of alkyl halides is 2. The minimum absolute atomic E-state index is 0.119. The molecule has 0 spiro atoms. The molecule has 2 fully saturated rings. The van der Waals surface area contributed by atoms with Gasteiger partial charge < -0.3 is 15.4 Å². The maximum atomic E-state index is 13.5. The predicted octanol–water partition coefficient (Wildman–Crippen LogP) is 3.73. The molecule has 7 heteroatoms.